The van der Waals surface area contributed by atoms with Crippen molar-refractivity contribution in [3.8, 4) is 11.8 Å². The Hall–Kier alpha value is -3.07. The van der Waals surface area contributed by atoms with E-state index >= 15 is 0 Å². The van der Waals surface area contributed by atoms with Gasteiger partial charge in [-0.05, 0) is 24.3 Å². The second-order valence-corrected chi connectivity index (χ2v) is 6.30. The van der Waals surface area contributed by atoms with Gasteiger partial charge in [-0.15, -0.1) is 5.10 Å². The molecule has 0 unspecified atom stereocenters. The third-order valence-electron chi connectivity index (χ3n) is 4.74. The first-order chi connectivity index (χ1) is 12.3. The van der Waals surface area contributed by atoms with Gasteiger partial charge < -0.3 is 14.2 Å². The van der Waals surface area contributed by atoms with Crippen molar-refractivity contribution < 1.29 is 4.74 Å². The highest BCUT2D eigenvalue weighted by Crippen LogP contribution is 2.29. The molecule has 6 heteroatoms. The molecule has 0 aliphatic carbocycles. The lowest BCUT2D eigenvalue weighted by atomic mass is 10.1. The number of benzene rings is 1. The van der Waals surface area contributed by atoms with Crippen molar-refractivity contribution in [2.75, 3.05) is 18.0 Å². The van der Waals surface area contributed by atoms with Gasteiger partial charge >= 0.3 is 0 Å². The van der Waals surface area contributed by atoms with E-state index in [2.05, 4.69) is 44.1 Å². The highest BCUT2D eigenvalue weighted by Gasteiger charge is 2.24. The van der Waals surface area contributed by atoms with Crippen molar-refractivity contribution >= 4 is 16.7 Å². The van der Waals surface area contributed by atoms with Crippen LogP contribution in [0.25, 0.3) is 10.9 Å². The predicted octanol–water partition coefficient (Wildman–Crippen LogP) is 2.89. The molecule has 6 nitrogen and oxygen atoms in total. The van der Waals surface area contributed by atoms with Crippen LogP contribution in [0.2, 0.25) is 0 Å². The van der Waals surface area contributed by atoms with E-state index in [1.165, 1.54) is 5.52 Å². The zero-order valence-corrected chi connectivity index (χ0v) is 14.1. The third-order valence-corrected chi connectivity index (χ3v) is 4.74. The number of piperidine rings is 1. The fourth-order valence-corrected chi connectivity index (χ4v) is 3.39. The number of fused-ring (bicyclic) bond motifs is 1. The van der Waals surface area contributed by atoms with Gasteiger partial charge in [0.05, 0.1) is 17.3 Å². The van der Waals surface area contributed by atoms with E-state index in [-0.39, 0.29) is 6.10 Å². The summed E-state index contributed by atoms with van der Waals surface area (Å²) in [6.45, 7) is 1.62. The number of ether oxygens (including phenoxy) is 1. The fraction of sp³-hybridized carbons (Fsp3) is 0.316. The summed E-state index contributed by atoms with van der Waals surface area (Å²) in [7, 11) is 2.04. The van der Waals surface area contributed by atoms with Gasteiger partial charge in [0.1, 0.15) is 17.9 Å². The van der Waals surface area contributed by atoms with E-state index in [0.29, 0.717) is 11.4 Å². The molecule has 3 aromatic rings. The molecule has 3 heterocycles. The molecule has 0 bridgehead atoms. The Morgan fingerprint density at radius 3 is 2.84 bits per heavy atom. The summed E-state index contributed by atoms with van der Waals surface area (Å²) in [5, 5.41) is 18.4. The summed E-state index contributed by atoms with van der Waals surface area (Å²) in [6.07, 6.45) is 5.56. The summed E-state index contributed by atoms with van der Waals surface area (Å²) in [6, 6.07) is 12.2. The number of nitriles is 1. The molecule has 1 saturated heterocycles. The average Bonchev–Trinajstić information content (AvgIpc) is 3.05. The monoisotopic (exact) mass is 333 g/mol. The predicted molar refractivity (Wildman–Crippen MR) is 95.5 cm³/mol. The zero-order valence-electron chi connectivity index (χ0n) is 14.1. The van der Waals surface area contributed by atoms with Gasteiger partial charge in [0, 0.05) is 44.6 Å². The van der Waals surface area contributed by atoms with Crippen molar-refractivity contribution in [1.29, 1.82) is 5.26 Å². The lowest BCUT2D eigenvalue weighted by Gasteiger charge is -2.33. The quantitative estimate of drug-likeness (QED) is 0.737. The highest BCUT2D eigenvalue weighted by molar-refractivity contribution is 5.86. The van der Waals surface area contributed by atoms with Gasteiger partial charge in [0.15, 0.2) is 5.82 Å². The Morgan fingerprint density at radius 1 is 1.20 bits per heavy atom. The second kappa shape index (κ2) is 6.44. The maximum atomic E-state index is 9.23. The molecule has 4 rings (SSSR count). The summed E-state index contributed by atoms with van der Waals surface area (Å²) in [5.41, 5.74) is 1.75. The van der Waals surface area contributed by atoms with Crippen LogP contribution in [0.3, 0.4) is 0 Å². The molecule has 0 N–H and O–H groups in total. The molecule has 126 valence electrons. The molecule has 0 atom stereocenters. The van der Waals surface area contributed by atoms with Crippen LogP contribution in [0.15, 0.2) is 42.7 Å². The number of hydrogen-bond donors (Lipinski definition) is 0. The van der Waals surface area contributed by atoms with E-state index in [9.17, 15) is 5.26 Å². The maximum absolute atomic E-state index is 9.23. The van der Waals surface area contributed by atoms with Gasteiger partial charge in [0.25, 0.3) is 0 Å². The molecular formula is C19H19N5O. The van der Waals surface area contributed by atoms with E-state index in [1.54, 1.807) is 12.3 Å². The Balaban J connectivity index is 1.46. The van der Waals surface area contributed by atoms with Crippen LogP contribution in [0.1, 0.15) is 18.4 Å². The minimum atomic E-state index is 0.171. The Labute approximate surface area is 146 Å². The normalized spacial score (nSPS) is 15.3. The van der Waals surface area contributed by atoms with Crippen LogP contribution < -0.4 is 9.64 Å². The molecule has 2 aromatic heterocycles. The van der Waals surface area contributed by atoms with Crippen LogP contribution in [-0.4, -0.2) is 34.0 Å². The molecule has 1 aliphatic heterocycles. The lowest BCUT2D eigenvalue weighted by molar-refractivity contribution is 0.173. The van der Waals surface area contributed by atoms with Crippen LogP contribution in [-0.2, 0) is 7.05 Å². The molecule has 0 spiro atoms. The summed E-state index contributed by atoms with van der Waals surface area (Å²) < 4.78 is 8.38. The van der Waals surface area contributed by atoms with E-state index in [4.69, 9.17) is 4.74 Å². The van der Waals surface area contributed by atoms with Gasteiger partial charge in [-0.1, -0.05) is 6.07 Å². The van der Waals surface area contributed by atoms with Gasteiger partial charge in [-0.25, -0.2) is 0 Å². The first-order valence-corrected chi connectivity index (χ1v) is 8.43. The van der Waals surface area contributed by atoms with Gasteiger partial charge in [-0.2, -0.15) is 10.4 Å². The van der Waals surface area contributed by atoms with Crippen molar-refractivity contribution in [2.45, 2.75) is 18.9 Å². The van der Waals surface area contributed by atoms with Gasteiger partial charge in [0.2, 0.25) is 0 Å². The lowest BCUT2D eigenvalue weighted by Crippen LogP contribution is -2.39. The first-order valence-electron chi connectivity index (χ1n) is 8.43. The Morgan fingerprint density at radius 2 is 2.04 bits per heavy atom. The van der Waals surface area contributed by atoms with Gasteiger partial charge in [-0.3, -0.25) is 0 Å². The van der Waals surface area contributed by atoms with Crippen LogP contribution in [0.4, 0.5) is 5.82 Å². The summed E-state index contributed by atoms with van der Waals surface area (Å²) >= 11 is 0. The number of aromatic nitrogens is 3. The zero-order chi connectivity index (χ0) is 17.2. The average molecular weight is 333 g/mol. The van der Waals surface area contributed by atoms with Crippen LogP contribution >= 0.6 is 0 Å². The smallest absolute Gasteiger partial charge is 0.169 e. The fourth-order valence-electron chi connectivity index (χ4n) is 3.39. The molecule has 0 saturated carbocycles. The highest BCUT2D eigenvalue weighted by atomic mass is 16.5. The molecule has 1 aliphatic rings. The SMILES string of the molecule is Cn1ccc2c(OC3CCN(c4nnccc4C#N)CC3)cccc21. The molecule has 1 aromatic carbocycles. The second-order valence-electron chi connectivity index (χ2n) is 6.30. The Kier molecular flexibility index (Phi) is 3.98. The Bertz CT molecular complexity index is 934. The van der Waals surface area contributed by atoms with E-state index in [0.717, 1.165) is 37.1 Å². The summed E-state index contributed by atoms with van der Waals surface area (Å²) in [5.74, 6) is 1.61. The third kappa shape index (κ3) is 2.89. The van der Waals surface area contributed by atoms with E-state index in [1.807, 2.05) is 19.2 Å². The van der Waals surface area contributed by atoms with Crippen molar-refractivity contribution in [1.82, 2.24) is 14.8 Å². The first kappa shape index (κ1) is 15.5. The number of rotatable bonds is 3. The molecule has 1 fully saturated rings. The van der Waals surface area contributed by atoms with Crippen molar-refractivity contribution in [2.24, 2.45) is 7.05 Å². The van der Waals surface area contributed by atoms with Crippen LogP contribution in [0, 0.1) is 11.3 Å². The maximum Gasteiger partial charge on any atom is 0.169 e. The topological polar surface area (TPSA) is 67.0 Å². The minimum absolute atomic E-state index is 0.171. The van der Waals surface area contributed by atoms with Crippen molar-refractivity contribution in [3.63, 3.8) is 0 Å². The van der Waals surface area contributed by atoms with Crippen molar-refractivity contribution in [3.05, 3.63) is 48.3 Å². The molecule has 0 amide bonds. The largest absolute Gasteiger partial charge is 0.490 e. The number of nitrogens with zero attached hydrogens (tertiary/aromatic N) is 5. The molecule has 0 radical (unpaired) electrons. The van der Waals surface area contributed by atoms with E-state index < -0.39 is 0 Å². The number of hydrogen-bond acceptors (Lipinski definition) is 5. The summed E-state index contributed by atoms with van der Waals surface area (Å²) in [4.78, 5) is 2.12. The number of aryl methyl sites for hydroxylation is 1. The minimum Gasteiger partial charge on any atom is -0.490 e. The standard InChI is InChI=1S/C19H19N5O/c1-23-10-8-16-17(23)3-2-4-18(16)25-15-6-11-24(12-7-15)19-14(13-20)5-9-21-22-19/h2-5,8-10,15H,6-7,11-12H2,1H3. The molecular weight excluding hydrogens is 314 g/mol. The number of anilines is 1. The van der Waals surface area contributed by atoms with Crippen LogP contribution in [0.5, 0.6) is 5.75 Å². The molecule has 25 heavy (non-hydrogen) atoms.